The molecule has 1 heterocycles. The number of sulfonamides is 1. The summed E-state index contributed by atoms with van der Waals surface area (Å²) in [4.78, 5) is 12.6. The average Bonchev–Trinajstić information content (AvgIpc) is 3.07. The minimum absolute atomic E-state index is 0. The number of benzene rings is 1. The maximum Gasteiger partial charge on any atom is 0.251 e. The van der Waals surface area contributed by atoms with Gasteiger partial charge in [-0.1, -0.05) is 19.9 Å². The number of nitrogens with zero attached hydrogens (tertiary/aromatic N) is 1. The van der Waals surface area contributed by atoms with E-state index in [4.69, 9.17) is 0 Å². The Bertz CT molecular complexity index is 684. The standard InChI is InChI=1S/C17H27N3O3S.ClH/c1-4-20(5-2)24(22,23)15-9-8-13(3)16(11-15)17(21)19-12-14-7-6-10-18-14;/h8-9,11,14,18H,4-7,10,12H2,1-3H3,(H,19,21);1H. The number of aryl methyl sites for hydroxylation is 1. The molecule has 142 valence electrons. The van der Waals surface area contributed by atoms with Crippen molar-refractivity contribution >= 4 is 28.3 Å². The van der Waals surface area contributed by atoms with Crippen LogP contribution in [0.1, 0.15) is 42.6 Å². The van der Waals surface area contributed by atoms with E-state index in [1.54, 1.807) is 26.0 Å². The highest BCUT2D eigenvalue weighted by Gasteiger charge is 2.23. The van der Waals surface area contributed by atoms with Gasteiger partial charge in [0.15, 0.2) is 0 Å². The lowest BCUT2D eigenvalue weighted by Gasteiger charge is -2.19. The van der Waals surface area contributed by atoms with E-state index < -0.39 is 10.0 Å². The molecule has 1 aliphatic rings. The van der Waals surface area contributed by atoms with Crippen molar-refractivity contribution in [2.24, 2.45) is 0 Å². The summed E-state index contributed by atoms with van der Waals surface area (Å²) in [6.45, 7) is 7.77. The normalized spacial score (nSPS) is 17.4. The SMILES string of the molecule is CCN(CC)S(=O)(=O)c1ccc(C)c(C(=O)NCC2CCCN2)c1.Cl. The van der Waals surface area contributed by atoms with Crippen LogP contribution in [-0.4, -0.2) is 50.9 Å². The van der Waals surface area contributed by atoms with Crippen LogP contribution >= 0.6 is 12.4 Å². The molecular formula is C17H28ClN3O3S. The molecule has 1 aliphatic heterocycles. The molecule has 0 saturated carbocycles. The second-order valence-electron chi connectivity index (χ2n) is 6.07. The zero-order chi connectivity index (χ0) is 17.7. The van der Waals surface area contributed by atoms with Crippen molar-refractivity contribution < 1.29 is 13.2 Å². The molecule has 1 amide bonds. The molecule has 1 saturated heterocycles. The average molecular weight is 390 g/mol. The smallest absolute Gasteiger partial charge is 0.251 e. The minimum atomic E-state index is -3.56. The van der Waals surface area contributed by atoms with Gasteiger partial charge in [-0.2, -0.15) is 4.31 Å². The number of carbonyl (C=O) groups is 1. The second kappa shape index (κ2) is 9.52. The van der Waals surface area contributed by atoms with E-state index in [2.05, 4.69) is 10.6 Å². The predicted molar refractivity (Wildman–Crippen MR) is 102 cm³/mol. The Labute approximate surface area is 156 Å². The molecule has 25 heavy (non-hydrogen) atoms. The number of carbonyl (C=O) groups excluding carboxylic acids is 1. The second-order valence-corrected chi connectivity index (χ2v) is 8.01. The van der Waals surface area contributed by atoms with Crippen molar-refractivity contribution in [3.63, 3.8) is 0 Å². The van der Waals surface area contributed by atoms with Gasteiger partial charge in [-0.3, -0.25) is 4.79 Å². The molecule has 0 aromatic heterocycles. The van der Waals surface area contributed by atoms with Crippen LogP contribution in [0, 0.1) is 6.92 Å². The summed E-state index contributed by atoms with van der Waals surface area (Å²) in [6, 6.07) is 5.05. The largest absolute Gasteiger partial charge is 0.350 e. The van der Waals surface area contributed by atoms with Crippen LogP contribution in [0.15, 0.2) is 23.1 Å². The maximum atomic E-state index is 12.6. The Morgan fingerprint density at radius 1 is 1.32 bits per heavy atom. The molecule has 1 aromatic carbocycles. The van der Waals surface area contributed by atoms with Crippen molar-refractivity contribution in [2.45, 2.75) is 44.6 Å². The van der Waals surface area contributed by atoms with Gasteiger partial charge >= 0.3 is 0 Å². The van der Waals surface area contributed by atoms with E-state index in [1.807, 2.05) is 6.92 Å². The first kappa shape index (κ1) is 21.9. The molecule has 0 bridgehead atoms. The quantitative estimate of drug-likeness (QED) is 0.746. The van der Waals surface area contributed by atoms with Crippen LogP contribution in [0.5, 0.6) is 0 Å². The third-order valence-electron chi connectivity index (χ3n) is 4.47. The number of halogens is 1. The minimum Gasteiger partial charge on any atom is -0.350 e. The lowest BCUT2D eigenvalue weighted by molar-refractivity contribution is 0.0949. The van der Waals surface area contributed by atoms with Crippen LogP contribution in [0.3, 0.4) is 0 Å². The lowest BCUT2D eigenvalue weighted by atomic mass is 10.1. The fraction of sp³-hybridized carbons (Fsp3) is 0.588. The Balaban J connectivity index is 0.00000312. The molecular weight excluding hydrogens is 362 g/mol. The van der Waals surface area contributed by atoms with Gasteiger partial charge in [-0.25, -0.2) is 8.42 Å². The molecule has 0 aliphatic carbocycles. The zero-order valence-electron chi connectivity index (χ0n) is 15.0. The number of nitrogens with one attached hydrogen (secondary N) is 2. The van der Waals surface area contributed by atoms with Crippen molar-refractivity contribution in [1.29, 1.82) is 0 Å². The van der Waals surface area contributed by atoms with E-state index in [9.17, 15) is 13.2 Å². The van der Waals surface area contributed by atoms with Crippen LogP contribution < -0.4 is 10.6 Å². The van der Waals surface area contributed by atoms with E-state index in [0.29, 0.717) is 31.2 Å². The maximum absolute atomic E-state index is 12.6. The Kier molecular flexibility index (Phi) is 8.34. The predicted octanol–water partition coefficient (Wildman–Crippen LogP) is 1.93. The van der Waals surface area contributed by atoms with Gasteiger partial charge < -0.3 is 10.6 Å². The summed E-state index contributed by atoms with van der Waals surface area (Å²) in [5.74, 6) is -0.224. The molecule has 1 fully saturated rings. The monoisotopic (exact) mass is 389 g/mol. The Hall–Kier alpha value is -1.15. The lowest BCUT2D eigenvalue weighted by Crippen LogP contribution is -2.37. The highest BCUT2D eigenvalue weighted by Crippen LogP contribution is 2.19. The van der Waals surface area contributed by atoms with E-state index in [1.165, 1.54) is 10.4 Å². The molecule has 0 radical (unpaired) electrons. The number of rotatable bonds is 7. The molecule has 1 aromatic rings. The fourth-order valence-electron chi connectivity index (χ4n) is 2.96. The van der Waals surface area contributed by atoms with Crippen LogP contribution in [0.2, 0.25) is 0 Å². The molecule has 8 heteroatoms. The third-order valence-corrected chi connectivity index (χ3v) is 6.51. The van der Waals surface area contributed by atoms with Crippen molar-refractivity contribution in [2.75, 3.05) is 26.2 Å². The number of hydrogen-bond acceptors (Lipinski definition) is 4. The van der Waals surface area contributed by atoms with Gasteiger partial charge in [0, 0.05) is 31.2 Å². The summed E-state index contributed by atoms with van der Waals surface area (Å²) in [5.41, 5.74) is 1.19. The first-order valence-corrected chi connectivity index (χ1v) is 9.96. The van der Waals surface area contributed by atoms with Crippen molar-refractivity contribution in [3.05, 3.63) is 29.3 Å². The topological polar surface area (TPSA) is 78.5 Å². The third kappa shape index (κ3) is 5.17. The molecule has 2 N–H and O–H groups in total. The van der Waals surface area contributed by atoms with Gasteiger partial charge in [-0.15, -0.1) is 12.4 Å². The highest BCUT2D eigenvalue weighted by atomic mass is 35.5. The van der Waals surface area contributed by atoms with Crippen LogP contribution in [0.25, 0.3) is 0 Å². The van der Waals surface area contributed by atoms with Crippen LogP contribution in [-0.2, 0) is 10.0 Å². The van der Waals surface area contributed by atoms with Crippen LogP contribution in [0.4, 0.5) is 0 Å². The van der Waals surface area contributed by atoms with Gasteiger partial charge in [0.25, 0.3) is 5.91 Å². The van der Waals surface area contributed by atoms with Crippen molar-refractivity contribution in [3.8, 4) is 0 Å². The number of hydrogen-bond donors (Lipinski definition) is 2. The van der Waals surface area contributed by atoms with Gasteiger partial charge in [0.2, 0.25) is 10.0 Å². The van der Waals surface area contributed by atoms with E-state index in [0.717, 1.165) is 24.9 Å². The molecule has 6 nitrogen and oxygen atoms in total. The molecule has 0 spiro atoms. The zero-order valence-corrected chi connectivity index (χ0v) is 16.7. The Morgan fingerprint density at radius 3 is 2.56 bits per heavy atom. The highest BCUT2D eigenvalue weighted by molar-refractivity contribution is 7.89. The molecule has 1 atom stereocenters. The molecule has 1 unspecified atom stereocenters. The van der Waals surface area contributed by atoms with Crippen molar-refractivity contribution in [1.82, 2.24) is 14.9 Å². The summed E-state index contributed by atoms with van der Waals surface area (Å²) in [6.07, 6.45) is 2.17. The fourth-order valence-corrected chi connectivity index (χ4v) is 4.45. The van der Waals surface area contributed by atoms with E-state index in [-0.39, 0.29) is 23.2 Å². The van der Waals surface area contributed by atoms with Gasteiger partial charge in [0.05, 0.1) is 4.90 Å². The first-order valence-electron chi connectivity index (χ1n) is 8.52. The summed E-state index contributed by atoms with van der Waals surface area (Å²) in [5, 5.41) is 6.23. The van der Waals surface area contributed by atoms with Gasteiger partial charge in [-0.05, 0) is 44.0 Å². The summed E-state index contributed by atoms with van der Waals surface area (Å²) in [7, 11) is -3.56. The summed E-state index contributed by atoms with van der Waals surface area (Å²) < 4.78 is 26.7. The van der Waals surface area contributed by atoms with E-state index >= 15 is 0 Å². The summed E-state index contributed by atoms with van der Waals surface area (Å²) >= 11 is 0. The van der Waals surface area contributed by atoms with Gasteiger partial charge in [0.1, 0.15) is 0 Å². The first-order chi connectivity index (χ1) is 11.4. The molecule has 2 rings (SSSR count). The Morgan fingerprint density at radius 2 is 2.00 bits per heavy atom. The number of amides is 1.